The molecule has 1 rings (SSSR count). The van der Waals surface area contributed by atoms with Crippen molar-refractivity contribution in [3.8, 4) is 0 Å². The molecule has 1 unspecified atom stereocenters. The van der Waals surface area contributed by atoms with Crippen molar-refractivity contribution in [2.75, 3.05) is 5.75 Å². The first kappa shape index (κ1) is 9.38. The zero-order chi connectivity index (χ0) is 9.14. The van der Waals surface area contributed by atoms with Gasteiger partial charge in [-0.15, -0.1) is 0 Å². The molecule has 1 atom stereocenters. The predicted molar refractivity (Wildman–Crippen MR) is 46.0 cm³/mol. The number of hydrogen-bond donors (Lipinski definition) is 1. The highest BCUT2D eigenvalue weighted by Crippen LogP contribution is 2.14. The van der Waals surface area contributed by atoms with Gasteiger partial charge in [-0.25, -0.2) is 4.79 Å². The van der Waals surface area contributed by atoms with Crippen molar-refractivity contribution in [3.05, 3.63) is 0 Å². The lowest BCUT2D eigenvalue weighted by Crippen LogP contribution is -2.37. The van der Waals surface area contributed by atoms with E-state index in [4.69, 9.17) is 4.74 Å². The lowest BCUT2D eigenvalue weighted by molar-refractivity contribution is -0.148. The maximum absolute atomic E-state index is 11.2. The summed E-state index contributed by atoms with van der Waals surface area (Å²) in [6.07, 6.45) is -0.125. The fourth-order valence-electron chi connectivity index (χ4n) is 0.826. The fourth-order valence-corrected chi connectivity index (χ4v) is 1.59. The van der Waals surface area contributed by atoms with Crippen molar-refractivity contribution < 1.29 is 14.3 Å². The third-order valence-corrected chi connectivity index (χ3v) is 2.19. The van der Waals surface area contributed by atoms with Crippen LogP contribution in [0.1, 0.15) is 13.8 Å². The monoisotopic (exact) mass is 189 g/mol. The minimum Gasteiger partial charge on any atom is -0.461 e. The molecule has 0 bridgehead atoms. The molecule has 0 spiro atoms. The van der Waals surface area contributed by atoms with Crippen LogP contribution in [0.4, 0.5) is 4.79 Å². The third-order valence-electron chi connectivity index (χ3n) is 1.31. The Morgan fingerprint density at radius 2 is 2.42 bits per heavy atom. The predicted octanol–water partition coefficient (Wildman–Crippen LogP) is 0.763. The standard InChI is InChI=1S/C7H11NO3S/c1-4(2)11-6(9)5-3-12-7(10)8-5/h4-5H,3H2,1-2H3,(H,8,10). The van der Waals surface area contributed by atoms with Gasteiger partial charge < -0.3 is 10.1 Å². The molecule has 68 valence electrons. The molecule has 0 aromatic carbocycles. The maximum Gasteiger partial charge on any atom is 0.329 e. The molecule has 5 heteroatoms. The molecule has 4 nitrogen and oxygen atoms in total. The minimum absolute atomic E-state index is 0.125. The number of ether oxygens (including phenoxy) is 1. The Labute approximate surface area is 75.0 Å². The third kappa shape index (κ3) is 2.41. The first-order chi connectivity index (χ1) is 5.59. The number of rotatable bonds is 2. The van der Waals surface area contributed by atoms with Crippen LogP contribution in [0.2, 0.25) is 0 Å². The number of carbonyl (C=O) groups excluding carboxylic acids is 2. The Balaban J connectivity index is 2.38. The van der Waals surface area contributed by atoms with Crippen LogP contribution >= 0.6 is 11.8 Å². The van der Waals surface area contributed by atoms with Crippen molar-refractivity contribution >= 4 is 23.0 Å². The van der Waals surface area contributed by atoms with Gasteiger partial charge in [0.15, 0.2) is 0 Å². The Bertz CT molecular complexity index is 205. The molecule has 0 radical (unpaired) electrons. The fraction of sp³-hybridized carbons (Fsp3) is 0.714. The number of carbonyl (C=O) groups is 2. The van der Waals surface area contributed by atoms with E-state index < -0.39 is 6.04 Å². The normalized spacial score (nSPS) is 22.6. The molecule has 12 heavy (non-hydrogen) atoms. The second-order valence-corrected chi connectivity index (χ2v) is 3.77. The average molecular weight is 189 g/mol. The Morgan fingerprint density at radius 1 is 1.75 bits per heavy atom. The number of hydrogen-bond acceptors (Lipinski definition) is 4. The Morgan fingerprint density at radius 3 is 2.83 bits per heavy atom. The van der Waals surface area contributed by atoms with Gasteiger partial charge in [-0.1, -0.05) is 11.8 Å². The molecule has 1 aliphatic rings. The number of amides is 1. The summed E-state index contributed by atoms with van der Waals surface area (Å²) in [6, 6.07) is -0.454. The average Bonchev–Trinajstić information content (AvgIpc) is 2.34. The van der Waals surface area contributed by atoms with Gasteiger partial charge in [0, 0.05) is 5.75 Å². The van der Waals surface area contributed by atoms with Crippen LogP contribution in [0, 0.1) is 0 Å². The van der Waals surface area contributed by atoms with E-state index in [1.807, 2.05) is 0 Å². The molecular weight excluding hydrogens is 178 g/mol. The summed E-state index contributed by atoms with van der Waals surface area (Å²) in [5, 5.41) is 2.36. The van der Waals surface area contributed by atoms with E-state index in [0.29, 0.717) is 5.75 Å². The first-order valence-corrected chi connectivity index (χ1v) is 4.72. The number of esters is 1. The zero-order valence-electron chi connectivity index (χ0n) is 6.99. The molecule has 1 N–H and O–H groups in total. The largest absolute Gasteiger partial charge is 0.461 e. The molecule has 1 saturated heterocycles. The van der Waals surface area contributed by atoms with Crippen LogP contribution in [0.3, 0.4) is 0 Å². The molecule has 0 aliphatic carbocycles. The number of thioether (sulfide) groups is 1. The molecular formula is C7H11NO3S. The molecule has 1 aliphatic heterocycles. The molecule has 0 aromatic rings. The van der Waals surface area contributed by atoms with Crippen molar-refractivity contribution in [3.63, 3.8) is 0 Å². The van der Waals surface area contributed by atoms with E-state index >= 15 is 0 Å². The van der Waals surface area contributed by atoms with E-state index in [0.717, 1.165) is 11.8 Å². The topological polar surface area (TPSA) is 55.4 Å². The summed E-state index contributed by atoms with van der Waals surface area (Å²) in [5.41, 5.74) is 0. The van der Waals surface area contributed by atoms with Gasteiger partial charge in [-0.05, 0) is 13.8 Å². The molecule has 1 heterocycles. The summed E-state index contributed by atoms with van der Waals surface area (Å²) in [7, 11) is 0. The van der Waals surface area contributed by atoms with E-state index in [2.05, 4.69) is 5.32 Å². The van der Waals surface area contributed by atoms with Gasteiger partial charge in [0.2, 0.25) is 0 Å². The van der Waals surface area contributed by atoms with Crippen LogP contribution in [0.15, 0.2) is 0 Å². The van der Waals surface area contributed by atoms with Gasteiger partial charge in [0.05, 0.1) is 6.10 Å². The van der Waals surface area contributed by atoms with Crippen LogP contribution in [0.25, 0.3) is 0 Å². The van der Waals surface area contributed by atoms with Crippen molar-refractivity contribution in [1.29, 1.82) is 0 Å². The highest BCUT2D eigenvalue weighted by atomic mass is 32.2. The van der Waals surface area contributed by atoms with E-state index in [9.17, 15) is 9.59 Å². The van der Waals surface area contributed by atoms with Gasteiger partial charge in [-0.2, -0.15) is 0 Å². The van der Waals surface area contributed by atoms with Crippen LogP contribution in [0.5, 0.6) is 0 Å². The lowest BCUT2D eigenvalue weighted by atomic mass is 10.3. The summed E-state index contributed by atoms with van der Waals surface area (Å²) >= 11 is 1.11. The SMILES string of the molecule is CC(C)OC(=O)C1CSC(=O)N1. The second-order valence-electron chi connectivity index (χ2n) is 2.78. The van der Waals surface area contributed by atoms with Crippen LogP contribution < -0.4 is 5.32 Å². The van der Waals surface area contributed by atoms with Crippen LogP contribution in [-0.2, 0) is 9.53 Å². The van der Waals surface area contributed by atoms with Crippen molar-refractivity contribution in [2.24, 2.45) is 0 Å². The summed E-state index contributed by atoms with van der Waals surface area (Å²) < 4.78 is 4.92. The first-order valence-electron chi connectivity index (χ1n) is 3.73. The number of nitrogens with one attached hydrogen (secondary N) is 1. The maximum atomic E-state index is 11.2. The van der Waals surface area contributed by atoms with Crippen molar-refractivity contribution in [1.82, 2.24) is 5.32 Å². The minimum atomic E-state index is -0.454. The van der Waals surface area contributed by atoms with Gasteiger partial charge in [-0.3, -0.25) is 4.79 Å². The second kappa shape index (κ2) is 3.80. The van der Waals surface area contributed by atoms with Gasteiger partial charge >= 0.3 is 5.97 Å². The molecule has 1 amide bonds. The van der Waals surface area contributed by atoms with E-state index in [1.165, 1.54) is 0 Å². The van der Waals surface area contributed by atoms with E-state index in [-0.39, 0.29) is 17.3 Å². The Hall–Kier alpha value is -0.710. The highest BCUT2D eigenvalue weighted by Gasteiger charge is 2.29. The smallest absolute Gasteiger partial charge is 0.329 e. The van der Waals surface area contributed by atoms with Gasteiger partial charge in [0.25, 0.3) is 5.24 Å². The van der Waals surface area contributed by atoms with E-state index in [1.54, 1.807) is 13.8 Å². The Kier molecular flexibility index (Phi) is 2.97. The summed E-state index contributed by atoms with van der Waals surface area (Å²) in [6.45, 7) is 3.56. The summed E-state index contributed by atoms with van der Waals surface area (Å²) in [5.74, 6) is 0.132. The van der Waals surface area contributed by atoms with Gasteiger partial charge in [0.1, 0.15) is 6.04 Å². The lowest BCUT2D eigenvalue weighted by Gasteiger charge is -2.11. The zero-order valence-corrected chi connectivity index (χ0v) is 7.81. The summed E-state index contributed by atoms with van der Waals surface area (Å²) in [4.78, 5) is 21.8. The molecule has 0 aromatic heterocycles. The molecule has 1 fully saturated rings. The highest BCUT2D eigenvalue weighted by molar-refractivity contribution is 8.14. The van der Waals surface area contributed by atoms with Crippen LogP contribution in [-0.4, -0.2) is 29.1 Å². The van der Waals surface area contributed by atoms with Crippen molar-refractivity contribution in [2.45, 2.75) is 26.0 Å². The quantitative estimate of drug-likeness (QED) is 0.652. The molecule has 0 saturated carbocycles.